The molecule has 1 atom stereocenters. The van der Waals surface area contributed by atoms with Gasteiger partial charge in [-0.05, 0) is 93.2 Å². The van der Waals surface area contributed by atoms with Gasteiger partial charge in [0, 0.05) is 10.8 Å². The highest BCUT2D eigenvalue weighted by molar-refractivity contribution is 5.71. The maximum atomic E-state index is 2.61. The molecule has 1 unspecified atom stereocenters. The van der Waals surface area contributed by atoms with Crippen LogP contribution in [0.4, 0.5) is 0 Å². The van der Waals surface area contributed by atoms with E-state index in [1.165, 1.54) is 55.2 Å². The highest BCUT2D eigenvalue weighted by Crippen LogP contribution is 2.62. The Hall–Kier alpha value is -1.56. The minimum Gasteiger partial charge on any atom is -0.0721 e. The van der Waals surface area contributed by atoms with Gasteiger partial charge in [0.1, 0.15) is 0 Å². The molecule has 138 valence electrons. The van der Waals surface area contributed by atoms with E-state index in [0.29, 0.717) is 0 Å². The van der Waals surface area contributed by atoms with Crippen LogP contribution in [0.15, 0.2) is 40.5 Å². The predicted molar refractivity (Wildman–Crippen MR) is 114 cm³/mol. The zero-order valence-electron chi connectivity index (χ0n) is 17.6. The first kappa shape index (κ1) is 17.8. The second kappa shape index (κ2) is 5.98. The second-order valence-electron chi connectivity index (χ2n) is 9.09. The largest absolute Gasteiger partial charge is 0.0721 e. The van der Waals surface area contributed by atoms with Gasteiger partial charge in [-0.15, -0.1) is 0 Å². The van der Waals surface area contributed by atoms with Crippen LogP contribution >= 0.6 is 0 Å². The van der Waals surface area contributed by atoms with Crippen molar-refractivity contribution in [3.8, 4) is 0 Å². The Kier molecular flexibility index (Phi) is 4.10. The number of rotatable bonds is 3. The molecule has 1 aromatic carbocycles. The molecule has 4 rings (SSSR count). The third kappa shape index (κ3) is 2.08. The van der Waals surface area contributed by atoms with E-state index in [-0.39, 0.29) is 10.8 Å². The monoisotopic (exact) mass is 346 g/mol. The molecule has 0 aromatic heterocycles. The third-order valence-electron chi connectivity index (χ3n) is 8.27. The van der Waals surface area contributed by atoms with Crippen LogP contribution < -0.4 is 0 Å². The molecule has 0 nitrogen and oxygen atoms in total. The maximum absolute atomic E-state index is 2.61. The van der Waals surface area contributed by atoms with Crippen LogP contribution in [0.2, 0.25) is 0 Å². The number of aryl methyl sites for hydroxylation is 2. The highest BCUT2D eigenvalue weighted by atomic mass is 14.6. The molecule has 0 radical (unpaired) electrons. The minimum absolute atomic E-state index is 0.0990. The van der Waals surface area contributed by atoms with E-state index in [9.17, 15) is 0 Å². The molecule has 1 aromatic rings. The van der Waals surface area contributed by atoms with Gasteiger partial charge in [0.2, 0.25) is 0 Å². The number of fused-ring (bicyclic) bond motifs is 2. The van der Waals surface area contributed by atoms with E-state index in [0.717, 1.165) is 0 Å². The van der Waals surface area contributed by atoms with Gasteiger partial charge in [0.15, 0.2) is 0 Å². The van der Waals surface area contributed by atoms with Gasteiger partial charge in [0.25, 0.3) is 0 Å². The van der Waals surface area contributed by atoms with Crippen molar-refractivity contribution in [2.24, 2.45) is 5.41 Å². The van der Waals surface area contributed by atoms with Gasteiger partial charge in [-0.25, -0.2) is 0 Å². The molecule has 3 aliphatic carbocycles. The summed E-state index contributed by atoms with van der Waals surface area (Å²) in [5.74, 6) is 0. The van der Waals surface area contributed by atoms with Gasteiger partial charge in [-0.3, -0.25) is 0 Å². The molecule has 0 amide bonds. The number of hydrogen-bond donors (Lipinski definition) is 0. The Bertz CT molecular complexity index is 834. The normalized spacial score (nSPS) is 26.5. The fourth-order valence-corrected chi connectivity index (χ4v) is 6.21. The lowest BCUT2D eigenvalue weighted by atomic mass is 9.55. The fourth-order valence-electron chi connectivity index (χ4n) is 6.21. The van der Waals surface area contributed by atoms with E-state index in [1.54, 1.807) is 27.8 Å². The average molecular weight is 347 g/mol. The summed E-state index contributed by atoms with van der Waals surface area (Å²) in [7, 11) is 0. The zero-order valence-corrected chi connectivity index (χ0v) is 17.6. The van der Waals surface area contributed by atoms with Crippen molar-refractivity contribution in [1.29, 1.82) is 0 Å². The fraction of sp³-hybridized carbons (Fsp3) is 0.538. The van der Waals surface area contributed by atoms with Crippen molar-refractivity contribution in [3.63, 3.8) is 0 Å². The first-order chi connectivity index (χ1) is 12.4. The van der Waals surface area contributed by atoms with Crippen LogP contribution in [-0.2, 0) is 18.3 Å². The molecule has 0 heteroatoms. The van der Waals surface area contributed by atoms with Crippen molar-refractivity contribution >= 4 is 6.08 Å². The van der Waals surface area contributed by atoms with Crippen molar-refractivity contribution in [2.75, 3.05) is 0 Å². The smallest absolute Gasteiger partial charge is 0.0269 e. The molecule has 0 bridgehead atoms. The first-order valence-corrected chi connectivity index (χ1v) is 10.6. The molecular formula is C26H34. The standard InChI is InChI=1S/C26H34/c1-7-13-26(25(6)19(4)17(2)18(3)20(25)5)14-12-23-15-21-10-8-9-11-22(21)16-24(23)26/h12,14-16H,7-11,13H2,1-6H3. The van der Waals surface area contributed by atoms with Crippen molar-refractivity contribution in [3.05, 3.63) is 62.8 Å². The summed E-state index contributed by atoms with van der Waals surface area (Å²) < 4.78 is 0. The molecule has 0 N–H and O–H groups in total. The van der Waals surface area contributed by atoms with Crippen molar-refractivity contribution in [1.82, 2.24) is 0 Å². The molecular weight excluding hydrogens is 312 g/mol. The summed E-state index contributed by atoms with van der Waals surface area (Å²) >= 11 is 0. The van der Waals surface area contributed by atoms with Crippen LogP contribution in [0, 0.1) is 5.41 Å². The molecule has 0 spiro atoms. The van der Waals surface area contributed by atoms with Crippen molar-refractivity contribution < 1.29 is 0 Å². The first-order valence-electron chi connectivity index (χ1n) is 10.6. The van der Waals surface area contributed by atoms with Crippen LogP contribution in [0.3, 0.4) is 0 Å². The maximum Gasteiger partial charge on any atom is 0.0269 e. The topological polar surface area (TPSA) is 0 Å². The number of hydrogen-bond acceptors (Lipinski definition) is 0. The molecule has 3 aliphatic rings. The van der Waals surface area contributed by atoms with Gasteiger partial charge >= 0.3 is 0 Å². The SMILES string of the molecule is CCCC1(C2(C)C(C)=C(C)C(C)=C2C)C=Cc2cc3c(cc21)CCCC3. The van der Waals surface area contributed by atoms with Crippen LogP contribution in [0.25, 0.3) is 6.08 Å². The van der Waals surface area contributed by atoms with E-state index in [2.05, 4.69) is 65.8 Å². The zero-order chi connectivity index (χ0) is 18.7. The van der Waals surface area contributed by atoms with Crippen LogP contribution in [0.1, 0.15) is 89.5 Å². The highest BCUT2D eigenvalue weighted by Gasteiger charge is 2.54. The molecule has 0 fully saturated rings. The minimum atomic E-state index is 0.0990. The summed E-state index contributed by atoms with van der Waals surface area (Å²) in [4.78, 5) is 0. The van der Waals surface area contributed by atoms with E-state index in [4.69, 9.17) is 0 Å². The van der Waals surface area contributed by atoms with E-state index < -0.39 is 0 Å². The summed E-state index contributed by atoms with van der Waals surface area (Å²) in [6, 6.07) is 5.13. The molecule has 0 heterocycles. The quantitative estimate of drug-likeness (QED) is 0.537. The summed E-state index contributed by atoms with van der Waals surface area (Å²) in [5.41, 5.74) is 12.7. The lowest BCUT2D eigenvalue weighted by Gasteiger charge is -2.47. The lowest BCUT2D eigenvalue weighted by Crippen LogP contribution is -2.42. The molecule has 0 aliphatic heterocycles. The van der Waals surface area contributed by atoms with Crippen LogP contribution in [-0.4, -0.2) is 0 Å². The molecule has 0 saturated carbocycles. The second-order valence-corrected chi connectivity index (χ2v) is 9.09. The Morgan fingerprint density at radius 2 is 1.46 bits per heavy atom. The summed E-state index contributed by atoms with van der Waals surface area (Å²) in [6.45, 7) is 14.3. The Morgan fingerprint density at radius 1 is 0.885 bits per heavy atom. The summed E-state index contributed by atoms with van der Waals surface area (Å²) in [6.07, 6.45) is 12.7. The van der Waals surface area contributed by atoms with E-state index in [1.807, 2.05) is 0 Å². The van der Waals surface area contributed by atoms with Gasteiger partial charge in [-0.1, -0.05) is 55.7 Å². The lowest BCUT2D eigenvalue weighted by molar-refractivity contribution is 0.271. The average Bonchev–Trinajstić information content (AvgIpc) is 3.08. The van der Waals surface area contributed by atoms with Crippen LogP contribution in [0.5, 0.6) is 0 Å². The Morgan fingerprint density at radius 3 is 2.04 bits per heavy atom. The number of allylic oxidation sites excluding steroid dienone is 5. The van der Waals surface area contributed by atoms with Gasteiger partial charge in [-0.2, -0.15) is 0 Å². The molecule has 0 saturated heterocycles. The Labute approximate surface area is 160 Å². The van der Waals surface area contributed by atoms with Gasteiger partial charge in [0.05, 0.1) is 0 Å². The predicted octanol–water partition coefficient (Wildman–Crippen LogP) is 7.32. The van der Waals surface area contributed by atoms with Gasteiger partial charge < -0.3 is 0 Å². The third-order valence-corrected chi connectivity index (χ3v) is 8.27. The molecule has 26 heavy (non-hydrogen) atoms. The summed E-state index contributed by atoms with van der Waals surface area (Å²) in [5, 5.41) is 0. The number of benzene rings is 1. The van der Waals surface area contributed by atoms with E-state index >= 15 is 0 Å². The Balaban J connectivity index is 1.97. The van der Waals surface area contributed by atoms with Crippen molar-refractivity contribution in [2.45, 2.75) is 85.5 Å².